The van der Waals surface area contributed by atoms with Gasteiger partial charge in [0.25, 0.3) is 5.60 Å². The Bertz CT molecular complexity index is 1170. The van der Waals surface area contributed by atoms with Crippen LogP contribution in [-0.4, -0.2) is 57.2 Å². The Kier molecular flexibility index (Phi) is 7.67. The van der Waals surface area contributed by atoms with E-state index in [9.17, 15) is 44.6 Å². The van der Waals surface area contributed by atoms with Crippen LogP contribution in [0.3, 0.4) is 0 Å². The van der Waals surface area contributed by atoms with E-state index in [-0.39, 0.29) is 24.0 Å². The minimum Gasteiger partial charge on any atom is -0.495 e. The third kappa shape index (κ3) is 6.01. The highest BCUT2D eigenvalue weighted by molar-refractivity contribution is 5.63. The molecule has 216 valence electrons. The van der Waals surface area contributed by atoms with Gasteiger partial charge in [-0.3, -0.25) is 0 Å². The Morgan fingerprint density at radius 3 is 2.00 bits per heavy atom. The fourth-order valence-corrected chi connectivity index (χ4v) is 5.09. The summed E-state index contributed by atoms with van der Waals surface area (Å²) in [5, 5.41) is 9.80. The third-order valence-corrected chi connectivity index (χ3v) is 6.83. The number of halogens is 9. The first-order valence-corrected chi connectivity index (χ1v) is 11.8. The van der Waals surface area contributed by atoms with Gasteiger partial charge < -0.3 is 24.2 Å². The molecule has 1 heterocycles. The molecule has 5 nitrogen and oxygen atoms in total. The summed E-state index contributed by atoms with van der Waals surface area (Å²) in [6.45, 7) is 2.27. The van der Waals surface area contributed by atoms with Crippen molar-refractivity contribution in [3.05, 3.63) is 52.6 Å². The molecule has 0 amide bonds. The van der Waals surface area contributed by atoms with E-state index in [0.29, 0.717) is 51.0 Å². The molecular formula is C25H24F9NO4. The van der Waals surface area contributed by atoms with Crippen LogP contribution < -0.4 is 14.4 Å². The van der Waals surface area contributed by atoms with E-state index in [1.54, 1.807) is 6.07 Å². The molecule has 1 atom stereocenters. The van der Waals surface area contributed by atoms with Gasteiger partial charge in [0, 0.05) is 18.7 Å². The molecule has 2 aromatic rings. The molecule has 1 unspecified atom stereocenters. The zero-order chi connectivity index (χ0) is 28.8. The first kappa shape index (κ1) is 29.1. The number of hydrogen-bond acceptors (Lipinski definition) is 5. The van der Waals surface area contributed by atoms with Crippen LogP contribution in [0.5, 0.6) is 11.5 Å². The molecule has 0 aromatic heterocycles. The van der Waals surface area contributed by atoms with Gasteiger partial charge in [0.1, 0.15) is 11.5 Å². The summed E-state index contributed by atoms with van der Waals surface area (Å²) in [5.41, 5.74) is -4.96. The molecular weight excluding hydrogens is 549 g/mol. The molecule has 4 rings (SSSR count). The number of aliphatic hydroxyl groups is 1. The predicted molar refractivity (Wildman–Crippen MR) is 120 cm³/mol. The largest absolute Gasteiger partial charge is 0.573 e. The second-order valence-corrected chi connectivity index (χ2v) is 9.49. The van der Waals surface area contributed by atoms with E-state index < -0.39 is 35.6 Å². The maximum absolute atomic E-state index is 13.5. The van der Waals surface area contributed by atoms with E-state index in [0.717, 1.165) is 22.9 Å². The van der Waals surface area contributed by atoms with Crippen LogP contribution in [0.2, 0.25) is 0 Å². The van der Waals surface area contributed by atoms with Gasteiger partial charge in [0.05, 0.1) is 26.0 Å². The van der Waals surface area contributed by atoms with Gasteiger partial charge in [-0.15, -0.1) is 13.2 Å². The second kappa shape index (κ2) is 10.3. The number of ether oxygens (including phenoxy) is 3. The number of morpholine rings is 1. The van der Waals surface area contributed by atoms with Crippen LogP contribution in [0.1, 0.15) is 22.3 Å². The lowest BCUT2D eigenvalue weighted by Gasteiger charge is -2.33. The van der Waals surface area contributed by atoms with E-state index >= 15 is 0 Å². The SMILES string of the molecule is COc1cc2c(cc1N1CCOCC1)CC(Cc1cc(OC(F)(F)F)cc(C(O)(C(F)(F)F)C(F)(F)F)c1)C2. The Balaban J connectivity index is 1.67. The summed E-state index contributed by atoms with van der Waals surface area (Å²) in [5.74, 6) is -1.07. The quantitative estimate of drug-likeness (QED) is 0.450. The number of benzene rings is 2. The standard InChI is InChI=1S/C25H24F9NO4/c1-37-21-12-17-8-14(7-16(17)11-20(21)35-2-4-38-5-3-35)6-15-9-18(13-19(10-15)39-25(32,33)34)22(36,23(26,27)28)24(29,30)31/h9-14,36H,2-8H2,1H3. The third-order valence-electron chi connectivity index (χ3n) is 6.83. The zero-order valence-electron chi connectivity index (χ0n) is 20.4. The highest BCUT2D eigenvalue weighted by Crippen LogP contribution is 2.51. The lowest BCUT2D eigenvalue weighted by Crippen LogP contribution is -2.54. The van der Waals surface area contributed by atoms with Crippen molar-refractivity contribution in [2.45, 2.75) is 43.6 Å². The van der Waals surface area contributed by atoms with Crippen molar-refractivity contribution >= 4 is 5.69 Å². The number of rotatable bonds is 6. The molecule has 1 aliphatic carbocycles. The van der Waals surface area contributed by atoms with Crippen molar-refractivity contribution in [2.24, 2.45) is 5.92 Å². The van der Waals surface area contributed by atoms with Crippen molar-refractivity contribution in [3.8, 4) is 11.5 Å². The van der Waals surface area contributed by atoms with Crippen molar-refractivity contribution < 1.29 is 58.8 Å². The van der Waals surface area contributed by atoms with Crippen LogP contribution in [0, 0.1) is 5.92 Å². The fourth-order valence-electron chi connectivity index (χ4n) is 5.09. The smallest absolute Gasteiger partial charge is 0.495 e. The summed E-state index contributed by atoms with van der Waals surface area (Å²) < 4.78 is 134. The summed E-state index contributed by atoms with van der Waals surface area (Å²) in [7, 11) is 1.49. The van der Waals surface area contributed by atoms with Gasteiger partial charge >= 0.3 is 18.7 Å². The number of hydrogen-bond donors (Lipinski definition) is 1. The van der Waals surface area contributed by atoms with Gasteiger partial charge in [-0.1, -0.05) is 6.07 Å². The number of fused-ring (bicyclic) bond motifs is 1. The molecule has 0 radical (unpaired) electrons. The van der Waals surface area contributed by atoms with E-state index in [2.05, 4.69) is 9.64 Å². The fraction of sp³-hybridized carbons (Fsp3) is 0.520. The lowest BCUT2D eigenvalue weighted by molar-refractivity contribution is -0.376. The maximum atomic E-state index is 13.5. The topological polar surface area (TPSA) is 51.2 Å². The van der Waals surface area contributed by atoms with Gasteiger partial charge in [-0.2, -0.15) is 26.3 Å². The maximum Gasteiger partial charge on any atom is 0.573 e. The number of methoxy groups -OCH3 is 1. The molecule has 1 fully saturated rings. The average Bonchev–Trinajstić information content (AvgIpc) is 3.21. The zero-order valence-corrected chi connectivity index (χ0v) is 20.4. The molecule has 0 saturated carbocycles. The minimum atomic E-state index is -6.27. The first-order chi connectivity index (χ1) is 18.0. The molecule has 2 aliphatic rings. The first-order valence-electron chi connectivity index (χ1n) is 11.8. The van der Waals surface area contributed by atoms with Crippen LogP contribution in [0.25, 0.3) is 0 Å². The van der Waals surface area contributed by atoms with E-state index in [1.165, 1.54) is 7.11 Å². The minimum absolute atomic E-state index is 0.0964. The molecule has 0 spiro atoms. The Hall–Kier alpha value is -2.87. The van der Waals surface area contributed by atoms with Crippen molar-refractivity contribution in [1.82, 2.24) is 0 Å². The Morgan fingerprint density at radius 2 is 1.46 bits per heavy atom. The molecule has 2 aromatic carbocycles. The normalized spacial score (nSPS) is 18.7. The summed E-state index contributed by atoms with van der Waals surface area (Å²) in [6, 6.07) is 4.77. The van der Waals surface area contributed by atoms with Crippen LogP contribution in [0.4, 0.5) is 45.2 Å². The monoisotopic (exact) mass is 573 g/mol. The average molecular weight is 573 g/mol. The van der Waals surface area contributed by atoms with Crippen molar-refractivity contribution in [3.63, 3.8) is 0 Å². The molecule has 1 saturated heterocycles. The van der Waals surface area contributed by atoms with E-state index in [1.807, 2.05) is 6.07 Å². The Labute approximate surface area is 217 Å². The van der Waals surface area contributed by atoms with Gasteiger partial charge in [0.15, 0.2) is 0 Å². The predicted octanol–water partition coefficient (Wildman–Crippen LogP) is 5.70. The van der Waals surface area contributed by atoms with Crippen LogP contribution >= 0.6 is 0 Å². The number of nitrogens with zero attached hydrogens (tertiary/aromatic N) is 1. The summed E-state index contributed by atoms with van der Waals surface area (Å²) in [4.78, 5) is 2.06. The number of alkyl halides is 9. The molecule has 39 heavy (non-hydrogen) atoms. The Morgan fingerprint density at radius 1 is 0.872 bits per heavy atom. The summed E-state index contributed by atoms with van der Waals surface area (Å²) in [6.07, 6.45) is -17.4. The highest BCUT2D eigenvalue weighted by atomic mass is 19.4. The molecule has 0 bridgehead atoms. The van der Waals surface area contributed by atoms with Crippen LogP contribution in [-0.2, 0) is 29.6 Å². The molecule has 1 aliphatic heterocycles. The van der Waals surface area contributed by atoms with Crippen molar-refractivity contribution in [2.75, 3.05) is 38.3 Å². The second-order valence-electron chi connectivity index (χ2n) is 9.49. The highest BCUT2D eigenvalue weighted by Gasteiger charge is 2.71. The molecule has 14 heteroatoms. The number of anilines is 1. The van der Waals surface area contributed by atoms with Crippen LogP contribution in [0.15, 0.2) is 30.3 Å². The summed E-state index contributed by atoms with van der Waals surface area (Å²) >= 11 is 0. The van der Waals surface area contributed by atoms with Gasteiger partial charge in [-0.25, -0.2) is 0 Å². The van der Waals surface area contributed by atoms with Gasteiger partial charge in [0.2, 0.25) is 0 Å². The lowest BCUT2D eigenvalue weighted by atomic mass is 9.88. The van der Waals surface area contributed by atoms with Crippen molar-refractivity contribution in [1.29, 1.82) is 0 Å². The van der Waals surface area contributed by atoms with E-state index in [4.69, 9.17) is 9.47 Å². The van der Waals surface area contributed by atoms with Gasteiger partial charge in [-0.05, 0) is 66.1 Å². The molecule has 1 N–H and O–H groups in total.